The fourth-order valence-corrected chi connectivity index (χ4v) is 12.8. The summed E-state index contributed by atoms with van der Waals surface area (Å²) in [5.41, 5.74) is 0. The van der Waals surface area contributed by atoms with Gasteiger partial charge in [0.2, 0.25) is 0 Å². The molecule has 0 radical (unpaired) electrons. The van der Waals surface area contributed by atoms with Gasteiger partial charge in [-0.2, -0.15) is 0 Å². The predicted octanol–water partition coefficient (Wildman–Crippen LogP) is 10.4. The molecule has 0 aromatic heterocycles. The van der Waals surface area contributed by atoms with Gasteiger partial charge in [-0.15, -0.1) is 0 Å². The van der Waals surface area contributed by atoms with E-state index in [1.165, 1.54) is 10.6 Å². The van der Waals surface area contributed by atoms with Gasteiger partial charge in [0.1, 0.15) is 11.6 Å². The van der Waals surface area contributed by atoms with Crippen molar-refractivity contribution in [1.82, 2.24) is 0 Å². The molecule has 0 saturated carbocycles. The van der Waals surface area contributed by atoms with Gasteiger partial charge in [0.25, 0.3) is 0 Å². The van der Waals surface area contributed by atoms with Crippen LogP contribution in [0.15, 0.2) is 48.5 Å². The molecule has 0 atom stereocenters. The molecule has 0 amide bonds. The third-order valence-electron chi connectivity index (χ3n) is 4.85. The third kappa shape index (κ3) is 13.2. The van der Waals surface area contributed by atoms with Gasteiger partial charge in [-0.25, -0.2) is 8.78 Å². The fourth-order valence-electron chi connectivity index (χ4n) is 4.74. The maximum absolute atomic E-state index is 13.0. The van der Waals surface area contributed by atoms with Gasteiger partial charge >= 0.3 is 35.0 Å². The molecule has 0 aliphatic heterocycles. The standard InChI is InChI=1S/2C14H22FP.2ClH.Pd/c2*1-13(2,3)16(14(4,5)6)12-9-7-11(15)8-10-12;;;/h2*7-10H,1-6H3;2*1H;/q;;;;+2/p-2. The topological polar surface area (TPSA) is 0 Å². The van der Waals surface area contributed by atoms with Crippen molar-refractivity contribution in [2.24, 2.45) is 0 Å². The van der Waals surface area contributed by atoms with Crippen LogP contribution in [-0.2, 0) is 15.9 Å². The molecule has 2 aromatic rings. The van der Waals surface area contributed by atoms with Crippen molar-refractivity contribution < 1.29 is 24.7 Å². The van der Waals surface area contributed by atoms with Crippen LogP contribution in [0.3, 0.4) is 0 Å². The molecular formula is C28H44Cl2F2P2Pd. The molecule has 35 heavy (non-hydrogen) atoms. The van der Waals surface area contributed by atoms with Gasteiger partial charge in [-0.3, -0.25) is 0 Å². The Bertz CT molecular complexity index is 759. The van der Waals surface area contributed by atoms with Crippen LogP contribution in [0.5, 0.6) is 0 Å². The Kier molecular flexibility index (Phi) is 14.7. The van der Waals surface area contributed by atoms with Crippen molar-refractivity contribution in [3.05, 3.63) is 60.2 Å². The molecule has 0 spiro atoms. The molecule has 2 aromatic carbocycles. The first-order valence-corrected chi connectivity index (χ1v) is 18.3. The Balaban J connectivity index is 0.000000594. The van der Waals surface area contributed by atoms with Gasteiger partial charge < -0.3 is 0 Å². The van der Waals surface area contributed by atoms with Crippen molar-refractivity contribution >= 4 is 45.5 Å². The predicted molar refractivity (Wildman–Crippen MR) is 157 cm³/mol. The second-order valence-corrected chi connectivity index (χ2v) is 22.5. The van der Waals surface area contributed by atoms with Crippen LogP contribution in [0.4, 0.5) is 8.78 Å². The molecule has 0 aliphatic rings. The number of hydrogen-bond acceptors (Lipinski definition) is 0. The number of halogens is 4. The van der Waals surface area contributed by atoms with Crippen LogP contribution >= 0.6 is 34.9 Å². The first-order valence-electron chi connectivity index (χ1n) is 11.6. The van der Waals surface area contributed by atoms with E-state index in [0.29, 0.717) is 0 Å². The fraction of sp³-hybridized carbons (Fsp3) is 0.571. The Morgan fingerprint density at radius 3 is 0.800 bits per heavy atom. The molecule has 0 heterocycles. The molecule has 0 saturated heterocycles. The summed E-state index contributed by atoms with van der Waals surface area (Å²) in [6.45, 7) is 27.3. The first kappa shape index (κ1) is 35.4. The Morgan fingerprint density at radius 1 is 0.486 bits per heavy atom. The zero-order valence-electron chi connectivity index (χ0n) is 23.3. The van der Waals surface area contributed by atoms with Gasteiger partial charge in [-0.05, 0) is 55.5 Å². The Hall–Kier alpha value is 0.402. The zero-order chi connectivity index (χ0) is 27.8. The van der Waals surface area contributed by atoms with E-state index < -0.39 is 0 Å². The number of rotatable bonds is 2. The molecule has 0 unspecified atom stereocenters. The molecule has 0 bridgehead atoms. The van der Waals surface area contributed by atoms with E-state index in [1.54, 1.807) is 24.3 Å². The molecule has 0 fully saturated rings. The van der Waals surface area contributed by atoms with Crippen LogP contribution < -0.4 is 10.6 Å². The summed E-state index contributed by atoms with van der Waals surface area (Å²) in [5.74, 6) is -0.303. The van der Waals surface area contributed by atoms with Crippen molar-refractivity contribution in [2.45, 2.75) is 104 Å². The summed E-state index contributed by atoms with van der Waals surface area (Å²) in [6.07, 6.45) is 0. The minimum absolute atomic E-state index is 0.106. The zero-order valence-corrected chi connectivity index (χ0v) is 28.2. The molecule has 7 heteroatoms. The van der Waals surface area contributed by atoms with E-state index in [4.69, 9.17) is 19.1 Å². The minimum atomic E-state index is -0.317. The average molecular weight is 658 g/mol. The van der Waals surface area contributed by atoms with Gasteiger partial charge in [0.15, 0.2) is 0 Å². The Labute approximate surface area is 233 Å². The second-order valence-electron chi connectivity index (χ2n) is 12.4. The van der Waals surface area contributed by atoms with Crippen LogP contribution in [0.25, 0.3) is 0 Å². The Morgan fingerprint density at radius 2 is 0.657 bits per heavy atom. The van der Waals surface area contributed by atoms with E-state index in [1.807, 2.05) is 24.3 Å². The van der Waals surface area contributed by atoms with E-state index >= 15 is 0 Å². The van der Waals surface area contributed by atoms with Crippen LogP contribution in [0.2, 0.25) is 0 Å². The quantitative estimate of drug-likeness (QED) is 0.223. The van der Waals surface area contributed by atoms with E-state index in [0.717, 1.165) is 0 Å². The first-order chi connectivity index (χ1) is 15.7. The van der Waals surface area contributed by atoms with Crippen LogP contribution in [0.1, 0.15) is 83.1 Å². The normalized spacial score (nSPS) is 12.7. The molecular weight excluding hydrogens is 614 g/mol. The van der Waals surface area contributed by atoms with Crippen molar-refractivity contribution in [3.8, 4) is 0 Å². The van der Waals surface area contributed by atoms with Crippen LogP contribution in [-0.4, -0.2) is 20.6 Å². The number of hydrogen-bond donors (Lipinski definition) is 0. The average Bonchev–Trinajstić information content (AvgIpc) is 2.62. The van der Waals surface area contributed by atoms with E-state index in [9.17, 15) is 8.78 Å². The van der Waals surface area contributed by atoms with E-state index in [2.05, 4.69) is 83.1 Å². The summed E-state index contributed by atoms with van der Waals surface area (Å²) in [5, 5.41) is 3.54. The summed E-state index contributed by atoms with van der Waals surface area (Å²) in [7, 11) is 8.99. The van der Waals surface area contributed by atoms with Gasteiger partial charge in [-0.1, -0.05) is 123 Å². The SMILES string of the molecule is CC(C)(C)P(c1ccc(F)cc1)C(C)(C)C.CC(C)(C)P(c1ccc(F)cc1)C(C)(C)C.[Cl][Pd][Cl]. The van der Waals surface area contributed by atoms with E-state index in [-0.39, 0.29) is 64.0 Å². The summed E-state index contributed by atoms with van der Waals surface area (Å²) in [6, 6.07) is 14.1. The van der Waals surface area contributed by atoms with Gasteiger partial charge in [0.05, 0.1) is 0 Å². The number of benzene rings is 2. The van der Waals surface area contributed by atoms with Crippen LogP contribution in [0, 0.1) is 11.6 Å². The molecule has 0 N–H and O–H groups in total. The monoisotopic (exact) mass is 656 g/mol. The molecule has 2 rings (SSSR count). The molecule has 0 aliphatic carbocycles. The van der Waals surface area contributed by atoms with Crippen molar-refractivity contribution in [1.29, 1.82) is 0 Å². The molecule has 0 nitrogen and oxygen atoms in total. The van der Waals surface area contributed by atoms with Crippen molar-refractivity contribution in [2.75, 3.05) is 0 Å². The third-order valence-corrected chi connectivity index (χ3v) is 11.8. The maximum atomic E-state index is 13.0. The van der Waals surface area contributed by atoms with Crippen molar-refractivity contribution in [3.63, 3.8) is 0 Å². The molecule has 204 valence electrons. The van der Waals surface area contributed by atoms with Gasteiger partial charge in [0, 0.05) is 0 Å². The summed E-state index contributed by atoms with van der Waals surface area (Å²) >= 11 is -0.106. The summed E-state index contributed by atoms with van der Waals surface area (Å²) < 4.78 is 25.9. The summed E-state index contributed by atoms with van der Waals surface area (Å²) in [4.78, 5) is 0. The second kappa shape index (κ2) is 14.5.